The first-order valence-corrected chi connectivity index (χ1v) is 16.9. The highest BCUT2D eigenvalue weighted by molar-refractivity contribution is 7.80. The molecule has 6 aromatic carbocycles. The second-order valence-electron chi connectivity index (χ2n) is 12.5. The lowest BCUT2D eigenvalue weighted by molar-refractivity contribution is 1.10. The van der Waals surface area contributed by atoms with Crippen LogP contribution < -0.4 is 0 Å². The van der Waals surface area contributed by atoms with Gasteiger partial charge in [-0.3, -0.25) is 0 Å². The van der Waals surface area contributed by atoms with E-state index < -0.39 is 0 Å². The fourth-order valence-electron chi connectivity index (χ4n) is 5.26. The van der Waals surface area contributed by atoms with Gasteiger partial charge < -0.3 is 0 Å². The molecule has 0 saturated heterocycles. The van der Waals surface area contributed by atoms with Crippen molar-refractivity contribution < 1.29 is 0 Å². The predicted octanol–water partition coefficient (Wildman–Crippen LogP) is 13.5. The van der Waals surface area contributed by atoms with Crippen LogP contribution in [-0.4, -0.2) is 0 Å². The molecule has 0 bridgehead atoms. The van der Waals surface area contributed by atoms with Crippen molar-refractivity contribution in [3.05, 3.63) is 183 Å². The van der Waals surface area contributed by atoms with Gasteiger partial charge in [-0.1, -0.05) is 138 Å². The van der Waals surface area contributed by atoms with E-state index in [-0.39, 0.29) is 0 Å². The van der Waals surface area contributed by atoms with Crippen LogP contribution in [0.4, 0.5) is 0 Å². The maximum Gasteiger partial charge on any atom is 0.0104 e. The summed E-state index contributed by atoms with van der Waals surface area (Å²) < 4.78 is 0. The third-order valence-corrected chi connectivity index (χ3v) is 9.57. The van der Waals surface area contributed by atoms with Gasteiger partial charge in [0.2, 0.25) is 0 Å². The largest absolute Gasteiger partial charge is 0.143 e. The van der Waals surface area contributed by atoms with Crippen LogP contribution in [-0.2, 0) is 0 Å². The molecule has 0 saturated carbocycles. The van der Waals surface area contributed by atoms with Gasteiger partial charge in [-0.05, 0) is 137 Å². The Hall–Kier alpha value is -4.33. The van der Waals surface area contributed by atoms with E-state index in [9.17, 15) is 0 Å². The van der Waals surface area contributed by atoms with Gasteiger partial charge in [0.05, 0.1) is 0 Å². The number of hydrogen-bond acceptors (Lipinski definition) is 1. The Kier molecular flexibility index (Phi) is 14.3. The maximum atomic E-state index is 4.50. The van der Waals surface area contributed by atoms with Crippen LogP contribution in [0.1, 0.15) is 55.6 Å². The second-order valence-corrected chi connectivity index (χ2v) is 12.9. The van der Waals surface area contributed by atoms with Gasteiger partial charge in [-0.25, -0.2) is 0 Å². The Bertz CT molecular complexity index is 1700. The fourth-order valence-corrected chi connectivity index (χ4v) is 5.60. The molecule has 0 amide bonds. The lowest BCUT2D eigenvalue weighted by Gasteiger charge is -2.14. The summed E-state index contributed by atoms with van der Waals surface area (Å²) in [4.78, 5) is 1.15. The van der Waals surface area contributed by atoms with Crippen LogP contribution in [0.25, 0.3) is 22.3 Å². The van der Waals surface area contributed by atoms with Gasteiger partial charge in [-0.15, -0.1) is 12.6 Å². The third kappa shape index (κ3) is 10.9. The molecule has 0 spiro atoms. The Labute approximate surface area is 291 Å². The summed E-state index contributed by atoms with van der Waals surface area (Å²) in [6.45, 7) is 21.4. The van der Waals surface area contributed by atoms with Gasteiger partial charge in [0.15, 0.2) is 0 Å². The average Bonchev–Trinajstić information content (AvgIpc) is 3.08. The zero-order valence-electron chi connectivity index (χ0n) is 30.1. The average molecular weight is 637 g/mol. The standard InChI is InChI=1S/C21H20.C11H16S.2C7H8/c1-15-8-11-18(12-9-15)19-13-10-17(3)21(14-19)20-7-5-4-6-16(20)2;1-6-7(2)9(4)11(12)10(5)8(6)3;2*1-7-5-3-2-4-6-7/h4-14H,1-3H3;12H,1-5H3;2*2-6H,1H3. The molecular formula is C46H52S. The molecular weight excluding hydrogens is 585 g/mol. The molecule has 0 aromatic heterocycles. The van der Waals surface area contributed by atoms with Gasteiger partial charge >= 0.3 is 0 Å². The smallest absolute Gasteiger partial charge is 0.0104 e. The zero-order valence-corrected chi connectivity index (χ0v) is 31.0. The number of hydrogen-bond donors (Lipinski definition) is 1. The van der Waals surface area contributed by atoms with Gasteiger partial charge in [0, 0.05) is 4.90 Å². The summed E-state index contributed by atoms with van der Waals surface area (Å²) in [6, 6.07) is 44.6. The Morgan fingerprint density at radius 3 is 1.15 bits per heavy atom. The monoisotopic (exact) mass is 636 g/mol. The van der Waals surface area contributed by atoms with Crippen molar-refractivity contribution in [3.63, 3.8) is 0 Å². The molecule has 0 unspecified atom stereocenters. The van der Waals surface area contributed by atoms with Crippen molar-refractivity contribution in [1.82, 2.24) is 0 Å². The van der Waals surface area contributed by atoms with E-state index in [0.29, 0.717) is 0 Å². The molecule has 0 nitrogen and oxygen atoms in total. The topological polar surface area (TPSA) is 0 Å². The fraction of sp³-hybridized carbons (Fsp3) is 0.217. The Balaban J connectivity index is 0.000000193. The first-order chi connectivity index (χ1) is 22.4. The summed E-state index contributed by atoms with van der Waals surface area (Å²) >= 11 is 4.50. The van der Waals surface area contributed by atoms with Crippen LogP contribution >= 0.6 is 12.6 Å². The highest BCUT2D eigenvalue weighted by Crippen LogP contribution is 2.31. The summed E-state index contributed by atoms with van der Waals surface area (Å²) in [6.07, 6.45) is 0. The van der Waals surface area contributed by atoms with Crippen LogP contribution in [0.5, 0.6) is 0 Å². The second kappa shape index (κ2) is 18.1. The number of thiol groups is 1. The highest BCUT2D eigenvalue weighted by Gasteiger charge is 2.09. The number of aryl methyl sites for hydroxylation is 5. The molecule has 0 atom stereocenters. The van der Waals surface area contributed by atoms with Crippen molar-refractivity contribution in [3.8, 4) is 22.3 Å². The lowest BCUT2D eigenvalue weighted by Crippen LogP contribution is -1.96. The SMILES string of the molecule is Cc1c(C)c(C)c(S)c(C)c1C.Cc1ccc(-c2ccc(C)c(-c3ccccc3C)c2)cc1.Cc1ccccc1.Cc1ccccc1. The Morgan fingerprint density at radius 1 is 0.319 bits per heavy atom. The molecule has 0 fully saturated rings. The highest BCUT2D eigenvalue weighted by atomic mass is 32.1. The van der Waals surface area contributed by atoms with Crippen LogP contribution in [0.15, 0.2) is 132 Å². The molecule has 6 aromatic rings. The van der Waals surface area contributed by atoms with Crippen molar-refractivity contribution >= 4 is 12.6 Å². The van der Waals surface area contributed by atoms with E-state index in [1.807, 2.05) is 36.4 Å². The van der Waals surface area contributed by atoms with Crippen molar-refractivity contribution in [2.75, 3.05) is 0 Å². The molecule has 0 aliphatic carbocycles. The van der Waals surface area contributed by atoms with E-state index in [1.54, 1.807) is 0 Å². The number of rotatable bonds is 2. The first kappa shape index (κ1) is 37.1. The third-order valence-electron chi connectivity index (χ3n) is 8.90. The minimum absolute atomic E-state index is 1.15. The molecule has 242 valence electrons. The molecule has 1 heteroatoms. The van der Waals surface area contributed by atoms with Gasteiger partial charge in [0.25, 0.3) is 0 Å². The molecule has 0 aliphatic heterocycles. The molecule has 0 radical (unpaired) electrons. The first-order valence-electron chi connectivity index (χ1n) is 16.4. The van der Waals surface area contributed by atoms with Crippen LogP contribution in [0.2, 0.25) is 0 Å². The lowest BCUT2D eigenvalue weighted by atomic mass is 9.93. The van der Waals surface area contributed by atoms with E-state index in [0.717, 1.165) is 4.90 Å². The zero-order chi connectivity index (χ0) is 34.5. The normalized spacial score (nSPS) is 10.0. The summed E-state index contributed by atoms with van der Waals surface area (Å²) in [7, 11) is 0. The summed E-state index contributed by atoms with van der Waals surface area (Å²) in [5.74, 6) is 0. The predicted molar refractivity (Wildman–Crippen MR) is 211 cm³/mol. The van der Waals surface area contributed by atoms with Crippen molar-refractivity contribution in [1.29, 1.82) is 0 Å². The minimum atomic E-state index is 1.15. The Morgan fingerprint density at radius 2 is 0.702 bits per heavy atom. The van der Waals surface area contributed by atoms with Crippen molar-refractivity contribution in [2.45, 2.75) is 74.1 Å². The van der Waals surface area contributed by atoms with Crippen LogP contribution in [0, 0.1) is 69.2 Å². The maximum absolute atomic E-state index is 4.50. The minimum Gasteiger partial charge on any atom is -0.143 e. The number of benzene rings is 6. The van der Waals surface area contributed by atoms with E-state index in [4.69, 9.17) is 0 Å². The molecule has 0 N–H and O–H groups in total. The summed E-state index contributed by atoms with van der Waals surface area (Å²) in [5.41, 5.74) is 18.6. The summed E-state index contributed by atoms with van der Waals surface area (Å²) in [5, 5.41) is 0. The van der Waals surface area contributed by atoms with Crippen LogP contribution in [0.3, 0.4) is 0 Å². The molecule has 0 aliphatic rings. The molecule has 0 heterocycles. The van der Waals surface area contributed by atoms with E-state index >= 15 is 0 Å². The van der Waals surface area contributed by atoms with Gasteiger partial charge in [-0.2, -0.15) is 0 Å². The van der Waals surface area contributed by atoms with E-state index in [1.165, 1.54) is 77.9 Å². The van der Waals surface area contributed by atoms with Gasteiger partial charge in [0.1, 0.15) is 0 Å². The van der Waals surface area contributed by atoms with Crippen molar-refractivity contribution in [2.24, 2.45) is 0 Å². The van der Waals surface area contributed by atoms with E-state index in [2.05, 4.69) is 173 Å². The molecule has 6 rings (SSSR count). The molecule has 47 heavy (non-hydrogen) atoms. The quantitative estimate of drug-likeness (QED) is 0.180.